The van der Waals surface area contributed by atoms with Gasteiger partial charge in [0.15, 0.2) is 0 Å². The first-order chi connectivity index (χ1) is 23.3. The molecule has 6 aromatic carbocycles. The van der Waals surface area contributed by atoms with Crippen molar-refractivity contribution in [1.29, 1.82) is 0 Å². The molecule has 1 aliphatic heterocycles. The van der Waals surface area contributed by atoms with Gasteiger partial charge in [-0.25, -0.2) is 4.98 Å². The molecule has 3 nitrogen and oxygen atoms in total. The van der Waals surface area contributed by atoms with Crippen LogP contribution in [0.2, 0.25) is 0 Å². The molecule has 0 unspecified atom stereocenters. The Morgan fingerprint density at radius 3 is 1.98 bits per heavy atom. The van der Waals surface area contributed by atoms with E-state index in [-0.39, 0.29) is 0 Å². The normalized spacial score (nSPS) is 15.0. The van der Waals surface area contributed by atoms with E-state index in [4.69, 9.17) is 9.72 Å². The minimum Gasteiger partial charge on any atom is -0.457 e. The molecular weight excluding hydrogens is 572 g/mol. The minimum atomic E-state index is -0.443. The second kappa shape index (κ2) is 10.0. The van der Waals surface area contributed by atoms with Gasteiger partial charge >= 0.3 is 0 Å². The van der Waals surface area contributed by atoms with Crippen molar-refractivity contribution >= 4 is 16.7 Å². The topological polar surface area (TPSA) is 27.1 Å². The summed E-state index contributed by atoms with van der Waals surface area (Å²) >= 11 is 0. The molecule has 2 aliphatic carbocycles. The average Bonchev–Trinajstić information content (AvgIpc) is 3.67. The third-order valence-electron chi connectivity index (χ3n) is 10.2. The van der Waals surface area contributed by atoms with Gasteiger partial charge in [0, 0.05) is 22.4 Å². The van der Waals surface area contributed by atoms with Crippen molar-refractivity contribution in [3.63, 3.8) is 0 Å². The molecule has 0 bridgehead atoms. The zero-order valence-corrected chi connectivity index (χ0v) is 25.7. The smallest absolute Gasteiger partial charge is 0.145 e. The second-order valence-corrected chi connectivity index (χ2v) is 12.6. The van der Waals surface area contributed by atoms with E-state index < -0.39 is 5.41 Å². The van der Waals surface area contributed by atoms with Crippen molar-refractivity contribution in [1.82, 2.24) is 9.55 Å². The van der Waals surface area contributed by atoms with Crippen LogP contribution in [-0.2, 0) is 5.41 Å². The zero-order chi connectivity index (χ0) is 31.0. The summed E-state index contributed by atoms with van der Waals surface area (Å²) in [7, 11) is 0. The highest BCUT2D eigenvalue weighted by atomic mass is 16.5. The molecule has 1 spiro atoms. The molecule has 0 fully saturated rings. The van der Waals surface area contributed by atoms with E-state index in [0.717, 1.165) is 57.9 Å². The maximum Gasteiger partial charge on any atom is 0.145 e. The molecule has 0 saturated heterocycles. The molecule has 7 aromatic rings. The Balaban J connectivity index is 1.10. The lowest BCUT2D eigenvalue weighted by Crippen LogP contribution is -2.32. The van der Waals surface area contributed by atoms with Crippen LogP contribution < -0.4 is 4.74 Å². The monoisotopic (exact) mass is 602 g/mol. The molecule has 1 aromatic heterocycles. The molecule has 3 heteroatoms. The van der Waals surface area contributed by atoms with Gasteiger partial charge in [-0.3, -0.25) is 4.57 Å². The summed E-state index contributed by atoms with van der Waals surface area (Å²) in [6, 6.07) is 50.3. The van der Waals surface area contributed by atoms with E-state index in [1.54, 1.807) is 0 Å². The molecule has 0 amide bonds. The number of para-hydroxylation sites is 3. The van der Waals surface area contributed by atoms with Gasteiger partial charge in [-0.05, 0) is 76.6 Å². The van der Waals surface area contributed by atoms with E-state index in [1.165, 1.54) is 39.1 Å². The summed E-state index contributed by atoms with van der Waals surface area (Å²) in [4.78, 5) is 5.10. The van der Waals surface area contributed by atoms with Crippen LogP contribution in [0.15, 0.2) is 158 Å². The Hall–Kier alpha value is -5.93. The van der Waals surface area contributed by atoms with Gasteiger partial charge in [0.25, 0.3) is 0 Å². The maximum absolute atomic E-state index is 6.74. The third-order valence-corrected chi connectivity index (χ3v) is 10.2. The Morgan fingerprint density at radius 2 is 1.21 bits per heavy atom. The number of allylic oxidation sites excluding steroid dienone is 4. The van der Waals surface area contributed by atoms with E-state index in [1.807, 2.05) is 0 Å². The van der Waals surface area contributed by atoms with Crippen molar-refractivity contribution in [2.75, 3.05) is 0 Å². The molecule has 0 N–H and O–H groups in total. The number of rotatable bonds is 3. The Kier molecular flexibility index (Phi) is 5.62. The van der Waals surface area contributed by atoms with Gasteiger partial charge in [0.05, 0.1) is 16.4 Å². The van der Waals surface area contributed by atoms with Crippen molar-refractivity contribution in [2.45, 2.75) is 18.3 Å². The molecule has 222 valence electrons. The van der Waals surface area contributed by atoms with Crippen molar-refractivity contribution in [3.05, 3.63) is 180 Å². The lowest BCUT2D eigenvalue weighted by Gasteiger charge is -2.39. The highest BCUT2D eigenvalue weighted by molar-refractivity contribution is 5.89. The first-order valence-electron chi connectivity index (χ1n) is 16.4. The molecule has 3 aliphatic rings. The van der Waals surface area contributed by atoms with E-state index >= 15 is 0 Å². The molecule has 10 rings (SSSR count). The predicted molar refractivity (Wildman–Crippen MR) is 191 cm³/mol. The molecule has 0 atom stereocenters. The number of benzene rings is 6. The van der Waals surface area contributed by atoms with Crippen LogP contribution in [0, 0.1) is 0 Å². The van der Waals surface area contributed by atoms with E-state index in [9.17, 15) is 0 Å². The Morgan fingerprint density at radius 1 is 0.574 bits per heavy atom. The summed E-state index contributed by atoms with van der Waals surface area (Å²) in [6.07, 6.45) is 8.64. The summed E-state index contributed by atoms with van der Waals surface area (Å²) < 4.78 is 9.07. The molecule has 0 saturated carbocycles. The number of imidazole rings is 1. The highest BCUT2D eigenvalue weighted by Crippen LogP contribution is 2.62. The fourth-order valence-corrected chi connectivity index (χ4v) is 8.14. The summed E-state index contributed by atoms with van der Waals surface area (Å²) in [5, 5.41) is 0. The Labute approximate surface area is 273 Å². The van der Waals surface area contributed by atoms with Gasteiger partial charge < -0.3 is 4.74 Å². The van der Waals surface area contributed by atoms with Gasteiger partial charge in [-0.1, -0.05) is 127 Å². The fourth-order valence-electron chi connectivity index (χ4n) is 8.14. The van der Waals surface area contributed by atoms with Crippen molar-refractivity contribution in [3.8, 4) is 45.1 Å². The van der Waals surface area contributed by atoms with Crippen molar-refractivity contribution in [2.24, 2.45) is 0 Å². The number of nitrogens with zero attached hydrogens (tertiary/aromatic N) is 2. The van der Waals surface area contributed by atoms with Gasteiger partial charge in [-0.2, -0.15) is 0 Å². The number of aromatic nitrogens is 2. The van der Waals surface area contributed by atoms with Gasteiger partial charge in [-0.15, -0.1) is 0 Å². The maximum atomic E-state index is 6.74. The molecule has 0 radical (unpaired) electrons. The highest BCUT2D eigenvalue weighted by Gasteiger charge is 2.50. The first kappa shape index (κ1) is 26.3. The van der Waals surface area contributed by atoms with Crippen LogP contribution in [0.3, 0.4) is 0 Å². The number of hydrogen-bond acceptors (Lipinski definition) is 2. The van der Waals surface area contributed by atoms with Crippen LogP contribution in [-0.4, -0.2) is 9.55 Å². The van der Waals surface area contributed by atoms with Crippen molar-refractivity contribution < 1.29 is 4.74 Å². The molecule has 47 heavy (non-hydrogen) atoms. The molecule has 2 heterocycles. The summed E-state index contributed by atoms with van der Waals surface area (Å²) in [5.74, 6) is 2.78. The zero-order valence-electron chi connectivity index (χ0n) is 25.7. The Bertz CT molecular complexity index is 2400. The van der Waals surface area contributed by atoms with Gasteiger partial charge in [0.1, 0.15) is 17.3 Å². The fraction of sp³-hybridized carbons (Fsp3) is 0.0682. The summed E-state index contributed by atoms with van der Waals surface area (Å²) in [6.45, 7) is 0. The second-order valence-electron chi connectivity index (χ2n) is 12.6. The van der Waals surface area contributed by atoms with Crippen LogP contribution in [0.25, 0.3) is 50.4 Å². The van der Waals surface area contributed by atoms with E-state index in [0.29, 0.717) is 0 Å². The summed E-state index contributed by atoms with van der Waals surface area (Å²) in [5.41, 5.74) is 13.9. The van der Waals surface area contributed by atoms with Crippen LogP contribution in [0.5, 0.6) is 11.5 Å². The number of ether oxygens (including phenoxy) is 1. The first-order valence-corrected chi connectivity index (χ1v) is 16.4. The number of hydrogen-bond donors (Lipinski definition) is 0. The average molecular weight is 603 g/mol. The largest absolute Gasteiger partial charge is 0.457 e. The minimum absolute atomic E-state index is 0.443. The number of fused-ring (bicyclic) bond motifs is 10. The third kappa shape index (κ3) is 3.71. The van der Waals surface area contributed by atoms with Crippen LogP contribution in [0.4, 0.5) is 0 Å². The lowest BCUT2D eigenvalue weighted by atomic mass is 9.66. The SMILES string of the molecule is C1=CCCC(n2c(-c3ccc(-c4ccc5c(c4)Oc4ccccc4C54c5ccccc5-c5ccccc54)cc3)nc3ccccc32)=C1. The standard InChI is InChI=1S/C44H30N2O/c1-2-12-32(13-3-1)46-40-20-10-9-19-39(40)45-43(46)30-24-22-29(23-25-30)31-26-27-38-42(28-31)47-41-21-11-8-18-37(41)44(38)35-16-6-4-14-33(35)34-15-5-7-17-36(34)44/h1-2,4-12,14-28H,3,13H2. The molecular formula is C44H30N2O. The van der Waals surface area contributed by atoms with Gasteiger partial charge in [0.2, 0.25) is 0 Å². The quantitative estimate of drug-likeness (QED) is 0.201. The lowest BCUT2D eigenvalue weighted by molar-refractivity contribution is 0.436. The van der Waals surface area contributed by atoms with Crippen LogP contribution >= 0.6 is 0 Å². The van der Waals surface area contributed by atoms with E-state index in [2.05, 4.69) is 162 Å². The predicted octanol–water partition coefficient (Wildman–Crippen LogP) is 11.0. The van der Waals surface area contributed by atoms with Crippen LogP contribution in [0.1, 0.15) is 35.1 Å².